The van der Waals surface area contributed by atoms with Crippen molar-refractivity contribution in [2.45, 2.75) is 38.0 Å². The summed E-state index contributed by atoms with van der Waals surface area (Å²) in [5.74, 6) is -0.848. The number of alkyl halides is 3. The van der Waals surface area contributed by atoms with Crippen LogP contribution in [0.25, 0.3) is 0 Å². The van der Waals surface area contributed by atoms with Crippen LogP contribution in [0.2, 0.25) is 0 Å². The Hall–Kier alpha value is -1.56. The number of hydrogen-bond donors (Lipinski definition) is 1. The molecule has 0 radical (unpaired) electrons. The smallest absolute Gasteiger partial charge is 0.392 e. The van der Waals surface area contributed by atoms with Crippen molar-refractivity contribution >= 4 is 5.91 Å². The number of aliphatic hydroxyl groups is 1. The second-order valence-corrected chi connectivity index (χ2v) is 5.77. The summed E-state index contributed by atoms with van der Waals surface area (Å²) in [4.78, 5) is 12.8. The van der Waals surface area contributed by atoms with Crippen molar-refractivity contribution in [1.82, 2.24) is 4.90 Å². The van der Waals surface area contributed by atoms with Gasteiger partial charge in [-0.2, -0.15) is 13.2 Å². The van der Waals surface area contributed by atoms with Crippen LogP contribution in [0.3, 0.4) is 0 Å². The van der Waals surface area contributed by atoms with E-state index in [0.717, 1.165) is 5.56 Å². The van der Waals surface area contributed by atoms with E-state index in [1.165, 1.54) is 4.90 Å². The highest BCUT2D eigenvalue weighted by molar-refractivity contribution is 5.76. The van der Waals surface area contributed by atoms with E-state index in [0.29, 0.717) is 19.3 Å². The van der Waals surface area contributed by atoms with Crippen LogP contribution in [0.15, 0.2) is 30.3 Å². The summed E-state index contributed by atoms with van der Waals surface area (Å²) < 4.78 is 36.7. The minimum atomic E-state index is -4.46. The van der Waals surface area contributed by atoms with Crippen LogP contribution < -0.4 is 0 Å². The molecule has 1 heterocycles. The van der Waals surface area contributed by atoms with Crippen LogP contribution in [0.4, 0.5) is 13.2 Å². The van der Waals surface area contributed by atoms with Gasteiger partial charge in [-0.25, -0.2) is 0 Å². The van der Waals surface area contributed by atoms with Gasteiger partial charge in [-0.3, -0.25) is 4.79 Å². The average Bonchev–Trinajstić information content (AvgIpc) is 2.46. The van der Waals surface area contributed by atoms with Gasteiger partial charge in [0.1, 0.15) is 6.42 Å². The molecule has 1 N–H and O–H groups in total. The van der Waals surface area contributed by atoms with Gasteiger partial charge in [-0.05, 0) is 30.7 Å². The fraction of sp³-hybridized carbons (Fsp3) is 0.562. The summed E-state index contributed by atoms with van der Waals surface area (Å²) >= 11 is 0. The Morgan fingerprint density at radius 2 is 1.82 bits per heavy atom. The molecule has 2 rings (SSSR count). The molecule has 0 aromatic heterocycles. The first-order valence-corrected chi connectivity index (χ1v) is 7.41. The van der Waals surface area contributed by atoms with Gasteiger partial charge in [-0.15, -0.1) is 0 Å². The molecule has 122 valence electrons. The van der Waals surface area contributed by atoms with Crippen molar-refractivity contribution in [3.05, 3.63) is 35.9 Å². The van der Waals surface area contributed by atoms with E-state index in [9.17, 15) is 23.1 Å². The lowest BCUT2D eigenvalue weighted by Crippen LogP contribution is -2.42. The van der Waals surface area contributed by atoms with E-state index >= 15 is 0 Å². The SMILES string of the molecule is O=C(CC(F)(F)F)N1CCC(C(O)Cc2ccccc2)CC1. The van der Waals surface area contributed by atoms with Crippen LogP contribution in [-0.4, -0.2) is 41.3 Å². The largest absolute Gasteiger partial charge is 0.397 e. The Bertz CT molecular complexity index is 482. The van der Waals surface area contributed by atoms with Gasteiger partial charge in [0.2, 0.25) is 5.91 Å². The molecule has 1 unspecified atom stereocenters. The third-order valence-corrected chi connectivity index (χ3v) is 4.08. The molecule has 1 fully saturated rings. The molecule has 1 atom stereocenters. The number of carbonyl (C=O) groups excluding carboxylic acids is 1. The summed E-state index contributed by atoms with van der Waals surface area (Å²) in [5.41, 5.74) is 1.03. The zero-order valence-corrected chi connectivity index (χ0v) is 12.2. The van der Waals surface area contributed by atoms with Gasteiger partial charge in [-0.1, -0.05) is 30.3 Å². The van der Waals surface area contributed by atoms with Crippen molar-refractivity contribution in [1.29, 1.82) is 0 Å². The fourth-order valence-electron chi connectivity index (χ4n) is 2.84. The molecular formula is C16H20F3NO2. The maximum Gasteiger partial charge on any atom is 0.397 e. The monoisotopic (exact) mass is 315 g/mol. The van der Waals surface area contributed by atoms with Crippen molar-refractivity contribution < 1.29 is 23.1 Å². The predicted octanol–water partition coefficient (Wildman–Crippen LogP) is 2.78. The van der Waals surface area contributed by atoms with Gasteiger partial charge < -0.3 is 10.0 Å². The first-order valence-electron chi connectivity index (χ1n) is 7.41. The lowest BCUT2D eigenvalue weighted by Gasteiger charge is -2.34. The Kier molecular flexibility index (Phi) is 5.45. The van der Waals surface area contributed by atoms with Gasteiger partial charge in [0.15, 0.2) is 0 Å². The molecule has 0 bridgehead atoms. The highest BCUT2D eigenvalue weighted by atomic mass is 19.4. The summed E-state index contributed by atoms with van der Waals surface area (Å²) in [6.45, 7) is 0.566. The number of aliphatic hydroxyl groups excluding tert-OH is 1. The van der Waals surface area contributed by atoms with E-state index < -0.39 is 24.6 Å². The number of likely N-dealkylation sites (tertiary alicyclic amines) is 1. The Morgan fingerprint density at radius 1 is 1.23 bits per heavy atom. The zero-order chi connectivity index (χ0) is 16.2. The maximum atomic E-state index is 12.2. The highest BCUT2D eigenvalue weighted by Crippen LogP contribution is 2.26. The Balaban J connectivity index is 1.80. The minimum absolute atomic E-state index is 0.0233. The normalized spacial score (nSPS) is 18.3. The number of piperidine rings is 1. The first-order chi connectivity index (χ1) is 10.3. The maximum absolute atomic E-state index is 12.2. The van der Waals surface area contributed by atoms with E-state index in [2.05, 4.69) is 0 Å². The van der Waals surface area contributed by atoms with Crippen molar-refractivity contribution in [2.75, 3.05) is 13.1 Å². The quantitative estimate of drug-likeness (QED) is 0.928. The molecule has 0 aliphatic carbocycles. The third-order valence-electron chi connectivity index (χ3n) is 4.08. The fourth-order valence-corrected chi connectivity index (χ4v) is 2.84. The number of halogens is 3. The van der Waals surface area contributed by atoms with Crippen molar-refractivity contribution in [2.24, 2.45) is 5.92 Å². The number of hydrogen-bond acceptors (Lipinski definition) is 2. The van der Waals surface area contributed by atoms with E-state index in [1.807, 2.05) is 30.3 Å². The van der Waals surface area contributed by atoms with E-state index in [1.54, 1.807) is 0 Å². The van der Waals surface area contributed by atoms with Crippen LogP contribution in [-0.2, 0) is 11.2 Å². The summed E-state index contributed by atoms with van der Waals surface area (Å²) in [6, 6.07) is 9.58. The number of rotatable bonds is 4. The highest BCUT2D eigenvalue weighted by Gasteiger charge is 2.35. The van der Waals surface area contributed by atoms with Crippen LogP contribution in [0.1, 0.15) is 24.8 Å². The zero-order valence-electron chi connectivity index (χ0n) is 12.2. The van der Waals surface area contributed by atoms with Gasteiger partial charge in [0.05, 0.1) is 6.10 Å². The van der Waals surface area contributed by atoms with Gasteiger partial charge in [0.25, 0.3) is 0 Å². The molecule has 1 aromatic carbocycles. The number of benzene rings is 1. The predicted molar refractivity (Wildman–Crippen MR) is 76.1 cm³/mol. The number of carbonyl (C=O) groups is 1. The average molecular weight is 315 g/mol. The molecule has 6 heteroatoms. The molecule has 1 aromatic rings. The summed E-state index contributed by atoms with van der Waals surface area (Å²) in [7, 11) is 0. The van der Waals surface area contributed by atoms with E-state index in [-0.39, 0.29) is 19.0 Å². The topological polar surface area (TPSA) is 40.5 Å². The molecule has 0 saturated carbocycles. The Morgan fingerprint density at radius 3 is 2.36 bits per heavy atom. The number of nitrogens with zero attached hydrogens (tertiary/aromatic N) is 1. The molecule has 1 amide bonds. The lowest BCUT2D eigenvalue weighted by molar-refractivity contribution is -0.162. The standard InChI is InChI=1S/C16H20F3NO2/c17-16(18,19)11-15(22)20-8-6-13(7-9-20)14(21)10-12-4-2-1-3-5-12/h1-5,13-14,21H,6-11H2. The minimum Gasteiger partial charge on any atom is -0.392 e. The molecule has 3 nitrogen and oxygen atoms in total. The van der Waals surface area contributed by atoms with Gasteiger partial charge in [0, 0.05) is 13.1 Å². The summed E-state index contributed by atoms with van der Waals surface area (Å²) in [5, 5.41) is 10.3. The lowest BCUT2D eigenvalue weighted by atomic mass is 9.88. The van der Waals surface area contributed by atoms with Gasteiger partial charge >= 0.3 is 6.18 Å². The third kappa shape index (κ3) is 5.02. The first kappa shape index (κ1) is 16.8. The summed E-state index contributed by atoms with van der Waals surface area (Å²) in [6.07, 6.45) is -4.77. The molecule has 1 saturated heterocycles. The van der Waals surface area contributed by atoms with E-state index in [4.69, 9.17) is 0 Å². The molecule has 1 aliphatic rings. The van der Waals surface area contributed by atoms with Crippen molar-refractivity contribution in [3.8, 4) is 0 Å². The van der Waals surface area contributed by atoms with Crippen molar-refractivity contribution in [3.63, 3.8) is 0 Å². The Labute approximate surface area is 127 Å². The molecule has 1 aliphatic heterocycles. The second-order valence-electron chi connectivity index (χ2n) is 5.77. The molecule has 0 spiro atoms. The number of amides is 1. The second kappa shape index (κ2) is 7.13. The van der Waals surface area contributed by atoms with Crippen LogP contribution >= 0.6 is 0 Å². The van der Waals surface area contributed by atoms with Crippen LogP contribution in [0, 0.1) is 5.92 Å². The molecule has 22 heavy (non-hydrogen) atoms. The van der Waals surface area contributed by atoms with Crippen LogP contribution in [0.5, 0.6) is 0 Å². The molecular weight excluding hydrogens is 295 g/mol.